The average molecular weight is 342 g/mol. The first kappa shape index (κ1) is 17.3. The van der Waals surface area contributed by atoms with E-state index < -0.39 is 0 Å². The first-order chi connectivity index (χ1) is 12.1. The molecule has 0 N–H and O–H groups in total. The van der Waals surface area contributed by atoms with Gasteiger partial charge < -0.3 is 9.80 Å². The van der Waals surface area contributed by atoms with Crippen molar-refractivity contribution in [1.82, 2.24) is 15.1 Å². The fraction of sp³-hybridized carbons (Fsp3) is 0.421. The van der Waals surface area contributed by atoms with Gasteiger partial charge in [0.25, 0.3) is 0 Å². The van der Waals surface area contributed by atoms with Gasteiger partial charge in [-0.1, -0.05) is 25.1 Å². The van der Waals surface area contributed by atoms with E-state index >= 15 is 0 Å². The fourth-order valence-electron chi connectivity index (χ4n) is 3.22. The highest BCUT2D eigenvalue weighted by Gasteiger charge is 2.24. The Morgan fingerprint density at radius 3 is 2.76 bits per heavy atom. The van der Waals surface area contributed by atoms with Crippen LogP contribution in [-0.2, 0) is 11.2 Å². The molecule has 1 saturated heterocycles. The Kier molecular flexibility index (Phi) is 5.58. The second-order valence-corrected chi connectivity index (χ2v) is 6.44. The van der Waals surface area contributed by atoms with Crippen LogP contribution in [0.5, 0.6) is 0 Å². The van der Waals surface area contributed by atoms with E-state index in [1.165, 1.54) is 6.07 Å². The van der Waals surface area contributed by atoms with Crippen LogP contribution in [0.4, 0.5) is 10.2 Å². The highest BCUT2D eigenvalue weighted by Crippen LogP contribution is 2.17. The molecule has 0 radical (unpaired) electrons. The van der Waals surface area contributed by atoms with Gasteiger partial charge in [0.05, 0.1) is 0 Å². The van der Waals surface area contributed by atoms with Crippen molar-refractivity contribution in [3.8, 4) is 0 Å². The molecular weight excluding hydrogens is 319 g/mol. The molecule has 1 aromatic heterocycles. The number of aromatic nitrogens is 2. The zero-order valence-corrected chi connectivity index (χ0v) is 14.4. The SMILES string of the molecule is CC(Cc1ccccc1F)C(=O)N1CCCN(c2cccnn2)CC1. The number of nitrogens with zero attached hydrogens (tertiary/aromatic N) is 4. The van der Waals surface area contributed by atoms with Crippen molar-refractivity contribution in [2.45, 2.75) is 19.8 Å². The van der Waals surface area contributed by atoms with Crippen LogP contribution in [0.3, 0.4) is 0 Å². The van der Waals surface area contributed by atoms with E-state index in [1.54, 1.807) is 24.4 Å². The Bertz CT molecular complexity index is 710. The summed E-state index contributed by atoms with van der Waals surface area (Å²) in [5.41, 5.74) is 0.597. The Balaban J connectivity index is 1.60. The summed E-state index contributed by atoms with van der Waals surface area (Å²) < 4.78 is 13.8. The van der Waals surface area contributed by atoms with Gasteiger partial charge in [-0.25, -0.2) is 4.39 Å². The number of rotatable bonds is 4. The third kappa shape index (κ3) is 4.32. The van der Waals surface area contributed by atoms with Crippen molar-refractivity contribution < 1.29 is 9.18 Å². The first-order valence-electron chi connectivity index (χ1n) is 8.70. The van der Waals surface area contributed by atoms with Crippen LogP contribution >= 0.6 is 0 Å². The largest absolute Gasteiger partial charge is 0.353 e. The number of anilines is 1. The maximum Gasteiger partial charge on any atom is 0.225 e. The highest BCUT2D eigenvalue weighted by molar-refractivity contribution is 5.79. The number of amides is 1. The van der Waals surface area contributed by atoms with Crippen LogP contribution in [0.25, 0.3) is 0 Å². The quantitative estimate of drug-likeness (QED) is 0.857. The lowest BCUT2D eigenvalue weighted by Crippen LogP contribution is -2.39. The van der Waals surface area contributed by atoms with Gasteiger partial charge in [-0.2, -0.15) is 5.10 Å². The molecule has 1 amide bonds. The second kappa shape index (κ2) is 8.05. The maximum atomic E-state index is 13.8. The number of hydrogen-bond acceptors (Lipinski definition) is 4. The minimum atomic E-state index is -0.244. The molecule has 6 heteroatoms. The normalized spacial score (nSPS) is 16.4. The Morgan fingerprint density at radius 2 is 2.00 bits per heavy atom. The van der Waals surface area contributed by atoms with Crippen LogP contribution in [0.2, 0.25) is 0 Å². The summed E-state index contributed by atoms with van der Waals surface area (Å²) in [7, 11) is 0. The third-order valence-corrected chi connectivity index (χ3v) is 4.60. The van der Waals surface area contributed by atoms with E-state index in [0.29, 0.717) is 18.5 Å². The summed E-state index contributed by atoms with van der Waals surface area (Å²) in [5, 5.41) is 8.07. The van der Waals surface area contributed by atoms with Crippen LogP contribution in [-0.4, -0.2) is 47.2 Å². The molecule has 1 aliphatic heterocycles. The van der Waals surface area contributed by atoms with Crippen molar-refractivity contribution in [3.05, 3.63) is 54.0 Å². The highest BCUT2D eigenvalue weighted by atomic mass is 19.1. The van der Waals surface area contributed by atoms with E-state index in [-0.39, 0.29) is 17.6 Å². The molecule has 2 aromatic rings. The summed E-state index contributed by atoms with van der Waals surface area (Å²) in [6.45, 7) is 4.83. The molecule has 1 aromatic carbocycles. The summed E-state index contributed by atoms with van der Waals surface area (Å²) in [5.74, 6) is 0.451. The van der Waals surface area contributed by atoms with E-state index in [2.05, 4.69) is 15.1 Å². The van der Waals surface area contributed by atoms with Crippen molar-refractivity contribution >= 4 is 11.7 Å². The van der Waals surface area contributed by atoms with E-state index in [0.717, 1.165) is 31.9 Å². The zero-order valence-electron chi connectivity index (χ0n) is 14.4. The van der Waals surface area contributed by atoms with E-state index in [9.17, 15) is 9.18 Å². The van der Waals surface area contributed by atoms with Gasteiger partial charge in [-0.3, -0.25) is 4.79 Å². The molecule has 0 saturated carbocycles. The molecule has 0 spiro atoms. The molecule has 1 atom stereocenters. The molecule has 1 aliphatic rings. The molecule has 3 rings (SSSR count). The first-order valence-corrected chi connectivity index (χ1v) is 8.70. The molecule has 0 bridgehead atoms. The molecule has 2 heterocycles. The second-order valence-electron chi connectivity index (χ2n) is 6.44. The fourth-order valence-corrected chi connectivity index (χ4v) is 3.22. The van der Waals surface area contributed by atoms with Gasteiger partial charge in [-0.05, 0) is 36.6 Å². The number of hydrogen-bond donors (Lipinski definition) is 0. The zero-order chi connectivity index (χ0) is 17.6. The van der Waals surface area contributed by atoms with Gasteiger partial charge in [0.15, 0.2) is 5.82 Å². The monoisotopic (exact) mass is 342 g/mol. The minimum absolute atomic E-state index is 0.0873. The molecule has 25 heavy (non-hydrogen) atoms. The summed E-state index contributed by atoms with van der Waals surface area (Å²) >= 11 is 0. The van der Waals surface area contributed by atoms with Gasteiger partial charge in [0.1, 0.15) is 5.82 Å². The molecule has 5 nitrogen and oxygen atoms in total. The Hall–Kier alpha value is -2.50. The van der Waals surface area contributed by atoms with Crippen molar-refractivity contribution in [1.29, 1.82) is 0 Å². The molecule has 132 valence electrons. The summed E-state index contributed by atoms with van der Waals surface area (Å²) in [6, 6.07) is 10.5. The summed E-state index contributed by atoms with van der Waals surface area (Å²) in [4.78, 5) is 16.8. The van der Waals surface area contributed by atoms with Crippen LogP contribution in [0.15, 0.2) is 42.6 Å². The lowest BCUT2D eigenvalue weighted by molar-refractivity contribution is -0.134. The topological polar surface area (TPSA) is 49.3 Å². The number of benzene rings is 1. The number of carbonyl (C=O) groups is 1. The van der Waals surface area contributed by atoms with Crippen LogP contribution in [0, 0.1) is 11.7 Å². The van der Waals surface area contributed by atoms with E-state index in [4.69, 9.17) is 0 Å². The Labute approximate surface area is 147 Å². The molecule has 1 fully saturated rings. The van der Waals surface area contributed by atoms with Crippen molar-refractivity contribution in [2.24, 2.45) is 5.92 Å². The Morgan fingerprint density at radius 1 is 1.16 bits per heavy atom. The van der Waals surface area contributed by atoms with Crippen LogP contribution in [0.1, 0.15) is 18.9 Å². The van der Waals surface area contributed by atoms with E-state index in [1.807, 2.05) is 24.0 Å². The number of carbonyl (C=O) groups excluding carboxylic acids is 1. The lowest BCUT2D eigenvalue weighted by atomic mass is 9.99. The van der Waals surface area contributed by atoms with Gasteiger partial charge in [0, 0.05) is 38.3 Å². The van der Waals surface area contributed by atoms with Gasteiger partial charge in [0.2, 0.25) is 5.91 Å². The van der Waals surface area contributed by atoms with Crippen LogP contribution < -0.4 is 4.90 Å². The van der Waals surface area contributed by atoms with Gasteiger partial charge >= 0.3 is 0 Å². The standard InChI is InChI=1S/C19H23FN4O/c1-15(14-16-6-2-3-7-17(16)20)19(25)24-11-5-10-23(12-13-24)18-8-4-9-21-22-18/h2-4,6-9,15H,5,10-14H2,1H3. The third-order valence-electron chi connectivity index (χ3n) is 4.60. The minimum Gasteiger partial charge on any atom is -0.353 e. The average Bonchev–Trinajstić information content (AvgIpc) is 2.90. The van der Waals surface area contributed by atoms with Crippen molar-refractivity contribution in [2.75, 3.05) is 31.1 Å². The smallest absolute Gasteiger partial charge is 0.225 e. The summed E-state index contributed by atoms with van der Waals surface area (Å²) in [6.07, 6.45) is 2.96. The predicted octanol–water partition coefficient (Wildman–Crippen LogP) is 2.53. The molecular formula is C19H23FN4O. The molecule has 1 unspecified atom stereocenters. The van der Waals surface area contributed by atoms with Gasteiger partial charge in [-0.15, -0.1) is 5.10 Å². The predicted molar refractivity (Wildman–Crippen MR) is 94.7 cm³/mol. The maximum absolute atomic E-state index is 13.8. The molecule has 0 aliphatic carbocycles. The lowest BCUT2D eigenvalue weighted by Gasteiger charge is -2.25. The number of halogens is 1. The van der Waals surface area contributed by atoms with Crippen molar-refractivity contribution in [3.63, 3.8) is 0 Å².